The van der Waals surface area contributed by atoms with Gasteiger partial charge in [-0.25, -0.2) is 4.98 Å². The van der Waals surface area contributed by atoms with Crippen molar-refractivity contribution in [2.45, 2.75) is 38.3 Å². The van der Waals surface area contributed by atoms with E-state index in [-0.39, 0.29) is 11.7 Å². The number of pyridine rings is 1. The Kier molecular flexibility index (Phi) is 3.68. The quantitative estimate of drug-likeness (QED) is 0.564. The van der Waals surface area contributed by atoms with Crippen LogP contribution in [-0.2, 0) is 6.42 Å². The first kappa shape index (κ1) is 17.0. The smallest absolute Gasteiger partial charge is 0.255 e. The second-order valence-electron chi connectivity index (χ2n) is 8.33. The summed E-state index contributed by atoms with van der Waals surface area (Å²) in [6.07, 6.45) is 3.11. The van der Waals surface area contributed by atoms with Crippen molar-refractivity contribution in [3.8, 4) is 0 Å². The fourth-order valence-corrected chi connectivity index (χ4v) is 5.34. The molecule has 29 heavy (non-hydrogen) atoms. The fraction of sp³-hybridized carbons (Fsp3) is 0.333. The van der Waals surface area contributed by atoms with Gasteiger partial charge in [-0.1, -0.05) is 37.3 Å². The zero-order chi connectivity index (χ0) is 19.5. The van der Waals surface area contributed by atoms with Crippen LogP contribution < -0.4 is 5.56 Å². The molecule has 1 fully saturated rings. The molecule has 2 aromatic heterocycles. The van der Waals surface area contributed by atoms with E-state index in [0.717, 1.165) is 59.3 Å². The molecule has 2 aliphatic heterocycles. The highest BCUT2D eigenvalue weighted by molar-refractivity contribution is 5.82. The molecule has 0 saturated carbocycles. The Labute approximate surface area is 169 Å². The summed E-state index contributed by atoms with van der Waals surface area (Å²) in [4.78, 5) is 24.0. The molecule has 1 saturated heterocycles. The van der Waals surface area contributed by atoms with Gasteiger partial charge in [0.05, 0.1) is 22.1 Å². The fourth-order valence-electron chi connectivity index (χ4n) is 5.34. The number of hydrogen-bond donors (Lipinski definition) is 1. The zero-order valence-corrected chi connectivity index (χ0v) is 16.6. The second kappa shape index (κ2) is 6.29. The molecule has 2 aromatic carbocycles. The van der Waals surface area contributed by atoms with Crippen LogP contribution in [-0.4, -0.2) is 32.5 Å². The lowest BCUT2D eigenvalue weighted by Crippen LogP contribution is -2.47. The SMILES string of the molecule is CCc1cccc2cc([C@@H]3N4CCC[C@H](C4)c4nc5ccccc5n43)c(=O)[nH]c12. The van der Waals surface area contributed by atoms with Crippen LogP contribution in [0.15, 0.2) is 53.3 Å². The minimum atomic E-state index is -0.104. The number of imidazole rings is 1. The van der Waals surface area contributed by atoms with Crippen LogP contribution in [0.3, 0.4) is 0 Å². The molecule has 4 heterocycles. The molecule has 1 N–H and O–H groups in total. The van der Waals surface area contributed by atoms with E-state index in [1.807, 2.05) is 6.07 Å². The van der Waals surface area contributed by atoms with E-state index < -0.39 is 0 Å². The number of rotatable bonds is 2. The molecule has 5 heteroatoms. The summed E-state index contributed by atoms with van der Waals surface area (Å²) < 4.78 is 2.32. The van der Waals surface area contributed by atoms with Crippen molar-refractivity contribution in [2.24, 2.45) is 0 Å². The molecule has 0 spiro atoms. The number of aryl methyl sites for hydroxylation is 1. The first-order valence-electron chi connectivity index (χ1n) is 10.6. The van der Waals surface area contributed by atoms with Gasteiger partial charge in [-0.15, -0.1) is 0 Å². The van der Waals surface area contributed by atoms with Gasteiger partial charge in [0, 0.05) is 19.0 Å². The average molecular weight is 384 g/mol. The second-order valence-corrected chi connectivity index (χ2v) is 8.33. The van der Waals surface area contributed by atoms with Gasteiger partial charge in [-0.05, 0) is 48.4 Å². The third-order valence-corrected chi connectivity index (χ3v) is 6.69. The van der Waals surface area contributed by atoms with Crippen LogP contribution in [0.5, 0.6) is 0 Å². The molecule has 3 atom stereocenters. The Hall–Kier alpha value is -2.92. The number of H-pyrrole nitrogens is 1. The molecule has 146 valence electrons. The van der Waals surface area contributed by atoms with Gasteiger partial charge in [0.25, 0.3) is 5.56 Å². The van der Waals surface area contributed by atoms with Crippen molar-refractivity contribution in [3.63, 3.8) is 0 Å². The van der Waals surface area contributed by atoms with Crippen LogP contribution >= 0.6 is 0 Å². The maximum absolute atomic E-state index is 13.3. The molecule has 0 aliphatic carbocycles. The van der Waals surface area contributed by atoms with E-state index in [9.17, 15) is 4.79 Å². The van der Waals surface area contributed by atoms with Crippen molar-refractivity contribution in [3.05, 3.63) is 75.8 Å². The van der Waals surface area contributed by atoms with E-state index in [1.165, 1.54) is 12.0 Å². The van der Waals surface area contributed by atoms with E-state index in [2.05, 4.69) is 63.8 Å². The minimum absolute atomic E-state index is 0.0103. The summed E-state index contributed by atoms with van der Waals surface area (Å²) in [7, 11) is 0. The third kappa shape index (κ3) is 2.43. The first-order valence-corrected chi connectivity index (χ1v) is 10.6. The Morgan fingerprint density at radius 3 is 2.97 bits per heavy atom. The lowest BCUT2D eigenvalue weighted by Gasteiger charge is -2.44. The van der Waals surface area contributed by atoms with E-state index in [0.29, 0.717) is 5.92 Å². The minimum Gasteiger partial charge on any atom is -0.321 e. The Bertz CT molecular complexity index is 1300. The van der Waals surface area contributed by atoms with Gasteiger partial charge in [-0.2, -0.15) is 0 Å². The Balaban J connectivity index is 1.64. The Morgan fingerprint density at radius 1 is 1.17 bits per heavy atom. The number of piperidine rings is 1. The van der Waals surface area contributed by atoms with Crippen molar-refractivity contribution in [1.82, 2.24) is 19.4 Å². The van der Waals surface area contributed by atoms with Crippen LogP contribution in [0.1, 0.15) is 48.8 Å². The van der Waals surface area contributed by atoms with Crippen molar-refractivity contribution in [1.29, 1.82) is 0 Å². The van der Waals surface area contributed by atoms with Gasteiger partial charge in [0.1, 0.15) is 12.0 Å². The summed E-state index contributed by atoms with van der Waals surface area (Å²) in [5, 5.41) is 1.10. The maximum atomic E-state index is 13.3. The van der Waals surface area contributed by atoms with Crippen LogP contribution in [0, 0.1) is 0 Å². The topological polar surface area (TPSA) is 53.9 Å². The van der Waals surface area contributed by atoms with Crippen molar-refractivity contribution < 1.29 is 0 Å². The van der Waals surface area contributed by atoms with Gasteiger partial charge in [-0.3, -0.25) is 9.69 Å². The number of aromatic nitrogens is 3. The van der Waals surface area contributed by atoms with Gasteiger partial charge >= 0.3 is 0 Å². The lowest BCUT2D eigenvalue weighted by atomic mass is 9.92. The number of fused-ring (bicyclic) bond motifs is 7. The summed E-state index contributed by atoms with van der Waals surface area (Å²) in [6.45, 7) is 4.11. The summed E-state index contributed by atoms with van der Waals surface area (Å²) >= 11 is 0. The van der Waals surface area contributed by atoms with Crippen molar-refractivity contribution in [2.75, 3.05) is 13.1 Å². The van der Waals surface area contributed by atoms with Crippen molar-refractivity contribution >= 4 is 21.9 Å². The highest BCUT2D eigenvalue weighted by atomic mass is 16.1. The summed E-state index contributed by atoms with van der Waals surface area (Å²) in [5.41, 5.74) is 5.11. The lowest BCUT2D eigenvalue weighted by molar-refractivity contribution is 0.0953. The molecule has 0 radical (unpaired) electrons. The molecule has 2 aliphatic rings. The normalized spacial score (nSPS) is 23.4. The maximum Gasteiger partial charge on any atom is 0.255 e. The van der Waals surface area contributed by atoms with E-state index >= 15 is 0 Å². The average Bonchev–Trinajstić information content (AvgIpc) is 3.14. The predicted molar refractivity (Wildman–Crippen MR) is 115 cm³/mol. The number of nitrogens with one attached hydrogen (secondary N) is 1. The Morgan fingerprint density at radius 2 is 2.07 bits per heavy atom. The van der Waals surface area contributed by atoms with E-state index in [1.54, 1.807) is 0 Å². The molecule has 0 amide bonds. The number of aromatic amines is 1. The first-order chi connectivity index (χ1) is 14.2. The predicted octanol–water partition coefficient (Wildman–Crippen LogP) is 4.18. The summed E-state index contributed by atoms with van der Waals surface area (Å²) in [5.74, 6) is 1.58. The number of hydrogen-bond acceptors (Lipinski definition) is 3. The number of para-hydroxylation sites is 3. The molecular weight excluding hydrogens is 360 g/mol. The van der Waals surface area contributed by atoms with Crippen LogP contribution in [0.2, 0.25) is 0 Å². The highest BCUT2D eigenvalue weighted by Crippen LogP contribution is 2.41. The van der Waals surface area contributed by atoms with Crippen LogP contribution in [0.25, 0.3) is 21.9 Å². The summed E-state index contributed by atoms with van der Waals surface area (Å²) in [6, 6.07) is 16.7. The molecule has 6 rings (SSSR count). The molecular formula is C24H24N4O. The van der Waals surface area contributed by atoms with Gasteiger partial charge in [0.2, 0.25) is 0 Å². The van der Waals surface area contributed by atoms with Crippen LogP contribution in [0.4, 0.5) is 0 Å². The largest absolute Gasteiger partial charge is 0.321 e. The highest BCUT2D eigenvalue weighted by Gasteiger charge is 2.39. The zero-order valence-electron chi connectivity index (χ0n) is 16.6. The van der Waals surface area contributed by atoms with E-state index in [4.69, 9.17) is 4.98 Å². The molecule has 4 aromatic rings. The van der Waals surface area contributed by atoms with Gasteiger partial charge in [0.15, 0.2) is 0 Å². The third-order valence-electron chi connectivity index (χ3n) is 6.69. The number of benzene rings is 2. The molecule has 1 unspecified atom stereocenters. The number of nitrogens with zero attached hydrogens (tertiary/aromatic N) is 3. The standard InChI is InChI=1S/C24H24N4O/c1-2-15-7-5-8-16-13-18(23(29)26-21(15)16)24-27-12-6-9-17(14-27)22-25-19-10-3-4-11-20(19)28(22)24/h3-5,7-8,10-11,13,17,24H,2,6,9,12,14H2,1H3,(H,26,29)/t17-,24-/m1/s1. The van der Waals surface area contributed by atoms with Gasteiger partial charge < -0.3 is 9.55 Å². The molecule has 2 bridgehead atoms. The molecule has 5 nitrogen and oxygen atoms in total. The monoisotopic (exact) mass is 384 g/mol.